The van der Waals surface area contributed by atoms with Crippen molar-refractivity contribution in [2.24, 2.45) is 5.92 Å². The van der Waals surface area contributed by atoms with Crippen LogP contribution in [0, 0.1) is 5.92 Å². The van der Waals surface area contributed by atoms with Gasteiger partial charge >= 0.3 is 0 Å². The van der Waals surface area contributed by atoms with Crippen LogP contribution >= 0.6 is 0 Å². The zero-order valence-electron chi connectivity index (χ0n) is 18.0. The molecule has 32 heavy (non-hydrogen) atoms. The van der Waals surface area contributed by atoms with E-state index in [1.807, 2.05) is 30.5 Å². The highest BCUT2D eigenvalue weighted by molar-refractivity contribution is 5.96. The van der Waals surface area contributed by atoms with Gasteiger partial charge in [-0.05, 0) is 43.0 Å². The Bertz CT molecular complexity index is 1080. The minimum absolute atomic E-state index is 0.0325. The van der Waals surface area contributed by atoms with Crippen molar-refractivity contribution in [2.75, 3.05) is 26.2 Å². The predicted octanol–water partition coefficient (Wildman–Crippen LogP) is 2.50. The number of carbonyl (C=O) groups excluding carboxylic acids is 3. The molecule has 7 nitrogen and oxygen atoms in total. The number of nitrogens with zero attached hydrogens (tertiary/aromatic N) is 1. The summed E-state index contributed by atoms with van der Waals surface area (Å²) in [5.41, 5.74) is 2.83. The Balaban J connectivity index is 1.17. The summed E-state index contributed by atoms with van der Waals surface area (Å²) < 4.78 is 0. The van der Waals surface area contributed by atoms with Crippen LogP contribution in [-0.2, 0) is 16.0 Å². The minimum Gasteiger partial charge on any atom is -0.361 e. The maximum atomic E-state index is 12.6. The Morgan fingerprint density at radius 2 is 1.66 bits per heavy atom. The van der Waals surface area contributed by atoms with Crippen LogP contribution in [0.2, 0.25) is 0 Å². The second kappa shape index (κ2) is 10.1. The summed E-state index contributed by atoms with van der Waals surface area (Å²) in [5, 5.41) is 6.90. The fraction of sp³-hybridized carbons (Fsp3) is 0.320. The molecule has 0 bridgehead atoms. The number of fused-ring (bicyclic) bond motifs is 1. The highest BCUT2D eigenvalue weighted by Gasteiger charge is 2.27. The molecule has 4 rings (SSSR count). The van der Waals surface area contributed by atoms with Gasteiger partial charge in [-0.25, -0.2) is 0 Å². The lowest BCUT2D eigenvalue weighted by Crippen LogP contribution is -2.46. The molecular weight excluding hydrogens is 404 g/mol. The topological polar surface area (TPSA) is 94.3 Å². The zero-order chi connectivity index (χ0) is 22.3. The van der Waals surface area contributed by atoms with Crippen molar-refractivity contribution in [1.29, 1.82) is 0 Å². The number of hydrogen-bond donors (Lipinski definition) is 3. The minimum atomic E-state index is -0.261. The fourth-order valence-corrected chi connectivity index (χ4v) is 4.15. The van der Waals surface area contributed by atoms with E-state index in [1.165, 1.54) is 10.9 Å². The van der Waals surface area contributed by atoms with Gasteiger partial charge < -0.3 is 20.5 Å². The third-order valence-electron chi connectivity index (χ3n) is 6.02. The van der Waals surface area contributed by atoms with Crippen LogP contribution in [0.3, 0.4) is 0 Å². The molecular formula is C25H28N4O3. The molecule has 3 N–H and O–H groups in total. The normalized spacial score (nSPS) is 14.3. The number of hydrogen-bond acceptors (Lipinski definition) is 3. The van der Waals surface area contributed by atoms with Crippen LogP contribution in [0.4, 0.5) is 0 Å². The van der Waals surface area contributed by atoms with Crippen molar-refractivity contribution < 1.29 is 14.4 Å². The van der Waals surface area contributed by atoms with Gasteiger partial charge in [0.25, 0.3) is 5.91 Å². The van der Waals surface area contributed by atoms with E-state index in [-0.39, 0.29) is 30.2 Å². The van der Waals surface area contributed by atoms with Crippen molar-refractivity contribution in [3.8, 4) is 0 Å². The summed E-state index contributed by atoms with van der Waals surface area (Å²) in [6.07, 6.45) is 4.04. The van der Waals surface area contributed by atoms with Crippen LogP contribution in [0.25, 0.3) is 10.9 Å². The Hall–Kier alpha value is -3.61. The van der Waals surface area contributed by atoms with Crippen LogP contribution in [-0.4, -0.2) is 53.8 Å². The molecule has 1 aromatic heterocycles. The molecule has 1 aliphatic heterocycles. The summed E-state index contributed by atoms with van der Waals surface area (Å²) in [5.74, 6) is -0.411. The van der Waals surface area contributed by atoms with Gasteiger partial charge in [0.2, 0.25) is 11.8 Å². The molecule has 166 valence electrons. The highest BCUT2D eigenvalue weighted by Crippen LogP contribution is 2.19. The van der Waals surface area contributed by atoms with Crippen LogP contribution in [0.5, 0.6) is 0 Å². The van der Waals surface area contributed by atoms with E-state index >= 15 is 0 Å². The van der Waals surface area contributed by atoms with E-state index < -0.39 is 0 Å². The fourth-order valence-electron chi connectivity index (χ4n) is 4.15. The molecule has 3 amide bonds. The van der Waals surface area contributed by atoms with Crippen LogP contribution in [0.15, 0.2) is 60.8 Å². The van der Waals surface area contributed by atoms with Crippen molar-refractivity contribution in [2.45, 2.75) is 19.3 Å². The molecule has 0 aliphatic carbocycles. The van der Waals surface area contributed by atoms with Crippen molar-refractivity contribution in [3.63, 3.8) is 0 Å². The predicted molar refractivity (Wildman–Crippen MR) is 123 cm³/mol. The van der Waals surface area contributed by atoms with E-state index in [1.54, 1.807) is 29.2 Å². The van der Waals surface area contributed by atoms with Gasteiger partial charge in [-0.3, -0.25) is 14.4 Å². The molecule has 1 saturated heterocycles. The van der Waals surface area contributed by atoms with E-state index in [9.17, 15) is 14.4 Å². The van der Waals surface area contributed by atoms with Crippen molar-refractivity contribution >= 4 is 28.6 Å². The lowest BCUT2D eigenvalue weighted by atomic mass is 9.95. The summed E-state index contributed by atoms with van der Waals surface area (Å²) in [4.78, 5) is 42.1. The first-order chi connectivity index (χ1) is 15.6. The Kier molecular flexibility index (Phi) is 6.84. The van der Waals surface area contributed by atoms with E-state index in [2.05, 4.69) is 21.7 Å². The maximum Gasteiger partial charge on any atom is 0.251 e. The quantitative estimate of drug-likeness (QED) is 0.535. The van der Waals surface area contributed by atoms with Gasteiger partial charge in [0.05, 0.1) is 6.54 Å². The van der Waals surface area contributed by atoms with E-state index in [4.69, 9.17) is 0 Å². The van der Waals surface area contributed by atoms with E-state index in [0.717, 1.165) is 11.9 Å². The third-order valence-corrected chi connectivity index (χ3v) is 6.02. The first kappa shape index (κ1) is 21.6. The van der Waals surface area contributed by atoms with Crippen molar-refractivity contribution in [3.05, 3.63) is 71.9 Å². The zero-order valence-corrected chi connectivity index (χ0v) is 18.0. The largest absolute Gasteiger partial charge is 0.361 e. The molecule has 2 aromatic carbocycles. The molecule has 0 atom stereocenters. The van der Waals surface area contributed by atoms with E-state index in [0.29, 0.717) is 38.0 Å². The monoisotopic (exact) mass is 432 g/mol. The number of benzene rings is 2. The molecule has 0 spiro atoms. The molecule has 1 fully saturated rings. The molecule has 0 radical (unpaired) electrons. The van der Waals surface area contributed by atoms with Gasteiger partial charge in [-0.2, -0.15) is 0 Å². The summed E-state index contributed by atoms with van der Waals surface area (Å²) in [6.45, 7) is 1.61. The average Bonchev–Trinajstić information content (AvgIpc) is 3.26. The highest BCUT2D eigenvalue weighted by atomic mass is 16.2. The number of carbonyl (C=O) groups is 3. The van der Waals surface area contributed by atoms with Gasteiger partial charge in [0.1, 0.15) is 0 Å². The standard InChI is InChI=1S/C25H28N4O3/c30-23(17-28-25(32)18-6-2-1-3-7-18)29-14-11-19(12-15-29)24(31)26-13-10-20-16-27-22-9-5-4-8-21(20)22/h1-9,16,19,27H,10-15,17H2,(H,26,31)(H,28,32). The molecule has 0 unspecified atom stereocenters. The SMILES string of the molecule is O=C(NCC(=O)N1CCC(C(=O)NCCc2c[nH]c3ccccc23)CC1)c1ccccc1. The van der Waals surface area contributed by atoms with Gasteiger partial charge in [0, 0.05) is 48.2 Å². The Morgan fingerprint density at radius 3 is 2.44 bits per heavy atom. The van der Waals surface area contributed by atoms with Gasteiger partial charge in [0.15, 0.2) is 0 Å². The smallest absolute Gasteiger partial charge is 0.251 e. The second-order valence-electron chi connectivity index (χ2n) is 8.10. The lowest BCUT2D eigenvalue weighted by molar-refractivity contribution is -0.134. The maximum absolute atomic E-state index is 12.6. The van der Waals surface area contributed by atoms with Gasteiger partial charge in [-0.15, -0.1) is 0 Å². The first-order valence-electron chi connectivity index (χ1n) is 11.1. The number of piperidine rings is 1. The van der Waals surface area contributed by atoms with Crippen LogP contribution < -0.4 is 10.6 Å². The number of aromatic amines is 1. The summed E-state index contributed by atoms with van der Waals surface area (Å²) >= 11 is 0. The van der Waals surface area contributed by atoms with Crippen LogP contribution in [0.1, 0.15) is 28.8 Å². The molecule has 1 aliphatic rings. The molecule has 0 saturated carbocycles. The number of para-hydroxylation sites is 1. The number of aromatic nitrogens is 1. The first-order valence-corrected chi connectivity index (χ1v) is 11.1. The summed E-state index contributed by atoms with van der Waals surface area (Å²) in [6, 6.07) is 17.0. The molecule has 2 heterocycles. The Labute approximate surface area is 187 Å². The van der Waals surface area contributed by atoms with Gasteiger partial charge in [-0.1, -0.05) is 36.4 Å². The molecule has 7 heteroatoms. The number of rotatable bonds is 7. The lowest BCUT2D eigenvalue weighted by Gasteiger charge is -2.31. The number of likely N-dealkylation sites (tertiary alicyclic amines) is 1. The third kappa shape index (κ3) is 5.17. The Morgan fingerprint density at radius 1 is 0.938 bits per heavy atom. The van der Waals surface area contributed by atoms with Crippen molar-refractivity contribution in [1.82, 2.24) is 20.5 Å². The number of amides is 3. The summed E-state index contributed by atoms with van der Waals surface area (Å²) in [7, 11) is 0. The average molecular weight is 433 g/mol. The second-order valence-corrected chi connectivity index (χ2v) is 8.10. The number of H-pyrrole nitrogens is 1. The molecule has 3 aromatic rings. The number of nitrogens with one attached hydrogen (secondary N) is 3.